The quantitative estimate of drug-likeness (QED) is 0.317. The van der Waals surface area contributed by atoms with E-state index in [1.807, 2.05) is 42.5 Å². The number of ether oxygens (including phenoxy) is 1. The van der Waals surface area contributed by atoms with E-state index < -0.39 is 0 Å². The van der Waals surface area contributed by atoms with Crippen molar-refractivity contribution in [1.29, 1.82) is 0 Å². The molecule has 2 aliphatic heterocycles. The molecule has 0 aliphatic carbocycles. The fraction of sp³-hybridized carbons (Fsp3) is 0.222. The first-order valence-corrected chi connectivity index (χ1v) is 12.1. The number of aromatic amines is 2. The van der Waals surface area contributed by atoms with Gasteiger partial charge in [-0.2, -0.15) is 0 Å². The van der Waals surface area contributed by atoms with E-state index in [0.717, 1.165) is 37.2 Å². The summed E-state index contributed by atoms with van der Waals surface area (Å²) >= 11 is 0. The summed E-state index contributed by atoms with van der Waals surface area (Å²) in [6.07, 6.45) is 0.841. The zero-order valence-electron chi connectivity index (χ0n) is 19.5. The third kappa shape index (κ3) is 3.31. The maximum atomic E-state index is 13.3. The maximum Gasteiger partial charge on any atom is 0.275 e. The molecular weight excluding hydrogens is 456 g/mol. The standard InChI is InChI=1S/C27H24N6O3/c28-17-4-1-3-15(11-17)16-12-21-25-22(13-16)36-18-7-8-32(14-18)9-10-33-27(35)20-6-2-5-19(23(20)31-33)24(30-25)26(34)29-21/h1-6,11-13,18,31H,7-10,14,28H2,(H,29,34)/t18-/m0/s1. The van der Waals surface area contributed by atoms with Crippen molar-refractivity contribution in [2.24, 2.45) is 0 Å². The summed E-state index contributed by atoms with van der Waals surface area (Å²) in [5, 5.41) is 3.77. The van der Waals surface area contributed by atoms with Gasteiger partial charge in [0.05, 0.1) is 23.0 Å². The van der Waals surface area contributed by atoms with Crippen LogP contribution in [0.25, 0.3) is 44.3 Å². The number of rotatable bonds is 1. The van der Waals surface area contributed by atoms with Gasteiger partial charge in [-0.05, 0) is 47.9 Å². The van der Waals surface area contributed by atoms with E-state index in [2.05, 4.69) is 15.0 Å². The highest BCUT2D eigenvalue weighted by Crippen LogP contribution is 2.34. The Morgan fingerprint density at radius 1 is 1.00 bits per heavy atom. The highest BCUT2D eigenvalue weighted by Gasteiger charge is 2.26. The number of para-hydroxylation sites is 1. The molecule has 3 aromatic carbocycles. The van der Waals surface area contributed by atoms with E-state index in [1.54, 1.807) is 16.8 Å². The zero-order valence-corrected chi connectivity index (χ0v) is 19.5. The van der Waals surface area contributed by atoms with Crippen LogP contribution in [0.15, 0.2) is 64.2 Å². The number of hydrogen-bond acceptors (Lipinski definition) is 6. The van der Waals surface area contributed by atoms with Gasteiger partial charge in [0, 0.05) is 30.9 Å². The van der Waals surface area contributed by atoms with Crippen LogP contribution < -0.4 is 21.6 Å². The van der Waals surface area contributed by atoms with Crippen LogP contribution in [0.5, 0.6) is 5.75 Å². The van der Waals surface area contributed by atoms with Crippen molar-refractivity contribution in [3.8, 4) is 28.1 Å². The van der Waals surface area contributed by atoms with Gasteiger partial charge in [-0.15, -0.1) is 0 Å². The molecule has 6 bridgehead atoms. The van der Waals surface area contributed by atoms with Gasteiger partial charge in [0.15, 0.2) is 0 Å². The monoisotopic (exact) mass is 480 g/mol. The van der Waals surface area contributed by atoms with Gasteiger partial charge in [0.1, 0.15) is 23.1 Å². The number of hydrogen-bond donors (Lipinski definition) is 3. The summed E-state index contributed by atoms with van der Waals surface area (Å²) in [4.78, 5) is 36.5. The second-order valence-corrected chi connectivity index (χ2v) is 9.54. The van der Waals surface area contributed by atoms with Crippen LogP contribution in [0.2, 0.25) is 0 Å². The highest BCUT2D eigenvalue weighted by atomic mass is 16.5. The molecule has 9 heteroatoms. The molecule has 0 saturated carbocycles. The summed E-state index contributed by atoms with van der Waals surface area (Å²) in [6.45, 7) is 2.89. The molecule has 4 heterocycles. The first-order chi connectivity index (χ1) is 17.5. The summed E-state index contributed by atoms with van der Waals surface area (Å²) in [7, 11) is 0. The minimum absolute atomic E-state index is 0.0248. The fourth-order valence-electron chi connectivity index (χ4n) is 5.37. The molecule has 180 valence electrons. The van der Waals surface area contributed by atoms with Crippen LogP contribution in [0, 0.1) is 0 Å². The molecule has 7 rings (SSSR count). The van der Waals surface area contributed by atoms with Crippen LogP contribution in [-0.2, 0) is 6.54 Å². The van der Waals surface area contributed by atoms with Gasteiger partial charge in [-0.1, -0.05) is 24.3 Å². The molecule has 2 aromatic heterocycles. The molecule has 2 aliphatic rings. The lowest BCUT2D eigenvalue weighted by atomic mass is 10.0. The molecular formula is C27H24N6O3. The van der Waals surface area contributed by atoms with Gasteiger partial charge in [0.25, 0.3) is 11.1 Å². The van der Waals surface area contributed by atoms with Crippen molar-refractivity contribution in [3.63, 3.8) is 0 Å². The number of H-pyrrole nitrogens is 2. The fourth-order valence-corrected chi connectivity index (χ4v) is 5.37. The van der Waals surface area contributed by atoms with Gasteiger partial charge in [-0.25, -0.2) is 4.98 Å². The Hall–Kier alpha value is -4.37. The number of nitrogen functional groups attached to an aromatic ring is 1. The van der Waals surface area contributed by atoms with Crippen molar-refractivity contribution in [3.05, 3.63) is 75.3 Å². The number of nitrogens with one attached hydrogen (secondary N) is 2. The molecule has 9 nitrogen and oxygen atoms in total. The number of fused-ring (bicyclic) bond motifs is 5. The Morgan fingerprint density at radius 2 is 1.89 bits per heavy atom. The minimum Gasteiger partial charge on any atom is -0.487 e. The molecule has 36 heavy (non-hydrogen) atoms. The molecule has 2 atom stereocenters. The normalized spacial score (nSPS) is 19.1. The number of nitrogens with zero attached hydrogens (tertiary/aromatic N) is 3. The average Bonchev–Trinajstić information content (AvgIpc) is 3.45. The van der Waals surface area contributed by atoms with Gasteiger partial charge in [0.2, 0.25) is 0 Å². The lowest BCUT2D eigenvalue weighted by molar-refractivity contribution is 0.199. The smallest absolute Gasteiger partial charge is 0.275 e. The van der Waals surface area contributed by atoms with Crippen LogP contribution in [-0.4, -0.2) is 50.4 Å². The lowest BCUT2D eigenvalue weighted by Gasteiger charge is -2.19. The Balaban J connectivity index is 1.52. The number of aromatic nitrogens is 4. The number of anilines is 1. The predicted molar refractivity (Wildman–Crippen MR) is 139 cm³/mol. The lowest BCUT2D eigenvalue weighted by Crippen LogP contribution is -2.30. The number of nitrogens with two attached hydrogens (primary N) is 1. The molecule has 1 saturated heterocycles. The Bertz CT molecular complexity index is 1780. The minimum atomic E-state index is -0.335. The maximum absolute atomic E-state index is 13.3. The van der Waals surface area contributed by atoms with Crippen LogP contribution in [0.4, 0.5) is 5.69 Å². The van der Waals surface area contributed by atoms with Crippen molar-refractivity contribution in [2.75, 3.05) is 25.4 Å². The second-order valence-electron chi connectivity index (χ2n) is 9.54. The Labute approximate surface area is 205 Å². The van der Waals surface area contributed by atoms with E-state index in [1.165, 1.54) is 0 Å². The largest absolute Gasteiger partial charge is 0.487 e. The molecule has 5 aromatic rings. The molecule has 1 unspecified atom stereocenters. The summed E-state index contributed by atoms with van der Waals surface area (Å²) in [5.41, 5.74) is 10.7. The Kier molecular flexibility index (Phi) is 4.55. The average molecular weight is 481 g/mol. The zero-order chi connectivity index (χ0) is 24.4. The highest BCUT2D eigenvalue weighted by molar-refractivity contribution is 5.94. The third-order valence-corrected chi connectivity index (χ3v) is 7.19. The first kappa shape index (κ1) is 21.0. The molecule has 0 amide bonds. The molecule has 0 spiro atoms. The van der Waals surface area contributed by atoms with Gasteiger partial charge in [-0.3, -0.25) is 24.3 Å². The van der Waals surface area contributed by atoms with Crippen molar-refractivity contribution in [1.82, 2.24) is 24.6 Å². The van der Waals surface area contributed by atoms with E-state index in [9.17, 15) is 9.59 Å². The van der Waals surface area contributed by atoms with Crippen LogP contribution >= 0.6 is 0 Å². The van der Waals surface area contributed by atoms with E-state index in [-0.39, 0.29) is 22.9 Å². The van der Waals surface area contributed by atoms with Gasteiger partial charge < -0.3 is 15.5 Å². The summed E-state index contributed by atoms with van der Waals surface area (Å²) in [5.74, 6) is 0.615. The second kappa shape index (κ2) is 7.82. The third-order valence-electron chi connectivity index (χ3n) is 7.19. The molecule has 0 radical (unpaired) electrons. The van der Waals surface area contributed by atoms with Crippen LogP contribution in [0.3, 0.4) is 0 Å². The molecule has 1 fully saturated rings. The predicted octanol–water partition coefficient (Wildman–Crippen LogP) is 2.95. The Morgan fingerprint density at radius 3 is 2.78 bits per heavy atom. The van der Waals surface area contributed by atoms with Crippen LogP contribution in [0.1, 0.15) is 6.42 Å². The van der Waals surface area contributed by atoms with E-state index >= 15 is 0 Å². The topological polar surface area (TPSA) is 122 Å². The molecule has 4 N–H and O–H groups in total. The van der Waals surface area contributed by atoms with E-state index in [0.29, 0.717) is 45.5 Å². The summed E-state index contributed by atoms with van der Waals surface area (Å²) in [6, 6.07) is 16.9. The van der Waals surface area contributed by atoms with Crippen molar-refractivity contribution >= 4 is 27.6 Å². The first-order valence-electron chi connectivity index (χ1n) is 12.1. The van der Waals surface area contributed by atoms with Crippen molar-refractivity contribution in [2.45, 2.75) is 19.1 Å². The van der Waals surface area contributed by atoms with Crippen molar-refractivity contribution < 1.29 is 4.74 Å². The SMILES string of the molecule is Nc1cccc(-c2cc3c4nc(c(=O)[nH]c4c2)-c2cccc4c(=O)n([nH]c24)CCN2CC[C@@H](C2)O3)c1. The van der Waals surface area contributed by atoms with E-state index in [4.69, 9.17) is 15.5 Å². The number of benzene rings is 3. The van der Waals surface area contributed by atoms with Gasteiger partial charge >= 0.3 is 0 Å². The summed E-state index contributed by atoms with van der Waals surface area (Å²) < 4.78 is 8.16.